The molecule has 216 valence electrons. The quantitative estimate of drug-likeness (QED) is 0.195. The summed E-state index contributed by atoms with van der Waals surface area (Å²) in [4.78, 5) is 0. The summed E-state index contributed by atoms with van der Waals surface area (Å²) >= 11 is 0. The van der Waals surface area contributed by atoms with Gasteiger partial charge in [-0.15, -0.1) is 0 Å². The molecule has 0 aromatic heterocycles. The average Bonchev–Trinajstić information content (AvgIpc) is 2.85. The Hall–Kier alpha value is -3.22. The predicted molar refractivity (Wildman–Crippen MR) is 160 cm³/mol. The van der Waals surface area contributed by atoms with E-state index in [1.165, 1.54) is 11.1 Å². The van der Waals surface area contributed by atoms with Crippen molar-refractivity contribution in [3.63, 3.8) is 0 Å². The van der Waals surface area contributed by atoms with E-state index in [4.69, 9.17) is 4.74 Å². The maximum atomic E-state index is 10.8. The van der Waals surface area contributed by atoms with Gasteiger partial charge in [0, 0.05) is 23.3 Å². The second kappa shape index (κ2) is 11.3. The molecule has 0 saturated heterocycles. The SMILES string of the molecule is CC(C)=CCCC(C)=CCc1c(O)cc(C=Cc2cc(O)c3c(c2)C[C@@H]2C(C)(C)[C@H](O)[C@H](O)C[C@@]2(C)O3)cc1O. The molecule has 0 bridgehead atoms. The van der Waals surface area contributed by atoms with E-state index in [1.807, 2.05) is 39.0 Å². The van der Waals surface area contributed by atoms with Gasteiger partial charge in [0.15, 0.2) is 11.5 Å². The highest BCUT2D eigenvalue weighted by atomic mass is 16.5. The molecule has 1 saturated carbocycles. The van der Waals surface area contributed by atoms with E-state index < -0.39 is 23.2 Å². The van der Waals surface area contributed by atoms with Crippen LogP contribution in [-0.2, 0) is 12.8 Å². The molecule has 0 radical (unpaired) electrons. The number of allylic oxidation sites excluding steroid dienone is 4. The van der Waals surface area contributed by atoms with Gasteiger partial charge >= 0.3 is 0 Å². The molecule has 6 nitrogen and oxygen atoms in total. The second-order valence-corrected chi connectivity index (χ2v) is 12.7. The van der Waals surface area contributed by atoms with Crippen LogP contribution in [0, 0.1) is 11.3 Å². The van der Waals surface area contributed by atoms with E-state index in [0.29, 0.717) is 29.7 Å². The average molecular weight is 549 g/mol. The van der Waals surface area contributed by atoms with E-state index >= 15 is 0 Å². The molecule has 2 aromatic rings. The predicted octanol–water partition coefficient (Wildman–Crippen LogP) is 6.67. The standard InChI is InChI=1S/C34H44O6/c1-20(2)8-7-9-21(3)10-13-25-26(35)15-23(16-27(25)36)12-11-22-14-24-18-30-33(4,5)32(39)29(38)19-34(30,6)40-31(24)28(37)17-22/h8,10-12,14-17,29-30,32,35-39H,7,9,13,18-19H2,1-6H3/t29-,30-,32-,34-/m1/s1. The van der Waals surface area contributed by atoms with Crippen LogP contribution in [0.2, 0.25) is 0 Å². The van der Waals surface area contributed by atoms with Crippen molar-refractivity contribution in [1.82, 2.24) is 0 Å². The minimum atomic E-state index is -0.894. The van der Waals surface area contributed by atoms with Crippen LogP contribution in [0.1, 0.15) is 83.1 Å². The van der Waals surface area contributed by atoms with Crippen LogP contribution in [-0.4, -0.2) is 43.3 Å². The molecule has 0 spiro atoms. The fourth-order valence-corrected chi connectivity index (χ4v) is 6.39. The van der Waals surface area contributed by atoms with Crippen LogP contribution in [0.4, 0.5) is 0 Å². The van der Waals surface area contributed by atoms with Gasteiger partial charge in [-0.2, -0.15) is 0 Å². The lowest BCUT2D eigenvalue weighted by molar-refractivity contribution is -0.187. The van der Waals surface area contributed by atoms with Gasteiger partial charge in [0.1, 0.15) is 17.1 Å². The number of ether oxygens (including phenoxy) is 1. The molecule has 1 fully saturated rings. The fraction of sp³-hybridized carbons (Fsp3) is 0.471. The lowest BCUT2D eigenvalue weighted by Gasteiger charge is -2.56. The van der Waals surface area contributed by atoms with Crippen molar-refractivity contribution in [2.24, 2.45) is 11.3 Å². The van der Waals surface area contributed by atoms with Gasteiger partial charge in [0.2, 0.25) is 0 Å². The Morgan fingerprint density at radius 1 is 0.900 bits per heavy atom. The number of aliphatic hydroxyl groups excluding tert-OH is 2. The van der Waals surface area contributed by atoms with E-state index in [9.17, 15) is 25.5 Å². The maximum absolute atomic E-state index is 10.8. The zero-order valence-electron chi connectivity index (χ0n) is 24.5. The number of fused-ring (bicyclic) bond motifs is 2. The smallest absolute Gasteiger partial charge is 0.164 e. The van der Waals surface area contributed by atoms with Crippen molar-refractivity contribution in [3.05, 3.63) is 69.8 Å². The summed E-state index contributed by atoms with van der Waals surface area (Å²) in [6, 6.07) is 6.83. The zero-order chi connectivity index (χ0) is 29.4. The van der Waals surface area contributed by atoms with Crippen molar-refractivity contribution >= 4 is 12.2 Å². The van der Waals surface area contributed by atoms with E-state index in [0.717, 1.165) is 24.0 Å². The molecule has 4 atom stereocenters. The second-order valence-electron chi connectivity index (χ2n) is 12.7. The van der Waals surface area contributed by atoms with E-state index in [1.54, 1.807) is 24.3 Å². The van der Waals surface area contributed by atoms with Gasteiger partial charge in [-0.05, 0) is 94.3 Å². The Labute approximate surface area is 238 Å². The lowest BCUT2D eigenvalue weighted by atomic mass is 9.57. The number of rotatable bonds is 7. The topological polar surface area (TPSA) is 110 Å². The summed E-state index contributed by atoms with van der Waals surface area (Å²) in [6.07, 6.45) is 9.32. The number of hydrogen-bond donors (Lipinski definition) is 5. The lowest BCUT2D eigenvalue weighted by Crippen LogP contribution is -2.63. The molecule has 0 amide bonds. The first-order valence-electron chi connectivity index (χ1n) is 14.1. The van der Waals surface area contributed by atoms with Crippen molar-refractivity contribution in [2.45, 2.75) is 91.5 Å². The molecule has 2 aliphatic rings. The summed E-state index contributed by atoms with van der Waals surface area (Å²) in [5.74, 6) is 0.446. The number of hydrogen-bond acceptors (Lipinski definition) is 6. The molecule has 1 aliphatic heterocycles. The summed E-state index contributed by atoms with van der Waals surface area (Å²) in [5.41, 5.74) is 3.92. The molecule has 4 rings (SSSR count). The Morgan fingerprint density at radius 3 is 2.12 bits per heavy atom. The van der Waals surface area contributed by atoms with Gasteiger partial charge in [0.25, 0.3) is 0 Å². The van der Waals surface area contributed by atoms with Gasteiger partial charge in [0.05, 0.1) is 12.2 Å². The maximum Gasteiger partial charge on any atom is 0.164 e. The molecule has 1 aliphatic carbocycles. The third-order valence-electron chi connectivity index (χ3n) is 8.74. The third kappa shape index (κ3) is 6.08. The largest absolute Gasteiger partial charge is 0.507 e. The Balaban J connectivity index is 1.53. The number of phenolic OH excluding ortho intramolecular Hbond substituents is 3. The molecular formula is C34H44O6. The highest BCUT2D eigenvalue weighted by Gasteiger charge is 2.58. The van der Waals surface area contributed by atoms with Crippen molar-refractivity contribution in [1.29, 1.82) is 0 Å². The van der Waals surface area contributed by atoms with Crippen molar-refractivity contribution in [2.75, 3.05) is 0 Å². The summed E-state index contributed by atoms with van der Waals surface area (Å²) in [6.45, 7) is 12.1. The molecule has 0 unspecified atom stereocenters. The highest BCUT2D eigenvalue weighted by molar-refractivity contribution is 5.73. The normalized spacial score (nSPS) is 25.7. The Morgan fingerprint density at radius 2 is 1.50 bits per heavy atom. The van der Waals surface area contributed by atoms with Crippen LogP contribution >= 0.6 is 0 Å². The van der Waals surface area contributed by atoms with Gasteiger partial charge in [-0.1, -0.05) is 49.3 Å². The monoisotopic (exact) mass is 548 g/mol. The summed E-state index contributed by atoms with van der Waals surface area (Å²) in [5, 5.41) is 53.3. The molecule has 1 heterocycles. The highest BCUT2D eigenvalue weighted by Crippen LogP contribution is 2.54. The third-order valence-corrected chi connectivity index (χ3v) is 8.74. The molecule has 6 heteroatoms. The molecular weight excluding hydrogens is 504 g/mol. The minimum Gasteiger partial charge on any atom is -0.507 e. The van der Waals surface area contributed by atoms with Crippen LogP contribution < -0.4 is 4.74 Å². The summed E-state index contributed by atoms with van der Waals surface area (Å²) in [7, 11) is 0. The first-order chi connectivity index (χ1) is 18.7. The molecule has 5 N–H and O–H groups in total. The molecule has 2 aromatic carbocycles. The number of aromatic hydroxyl groups is 3. The first kappa shape index (κ1) is 29.8. The van der Waals surface area contributed by atoms with E-state index in [-0.39, 0.29) is 29.6 Å². The zero-order valence-corrected chi connectivity index (χ0v) is 24.5. The van der Waals surface area contributed by atoms with Crippen LogP contribution in [0.5, 0.6) is 23.0 Å². The number of aliphatic hydroxyl groups is 2. The van der Waals surface area contributed by atoms with Crippen LogP contribution in [0.3, 0.4) is 0 Å². The van der Waals surface area contributed by atoms with Crippen LogP contribution in [0.25, 0.3) is 12.2 Å². The van der Waals surface area contributed by atoms with Gasteiger partial charge in [-0.3, -0.25) is 0 Å². The van der Waals surface area contributed by atoms with Crippen molar-refractivity contribution in [3.8, 4) is 23.0 Å². The first-order valence-corrected chi connectivity index (χ1v) is 14.1. The van der Waals surface area contributed by atoms with Crippen LogP contribution in [0.15, 0.2) is 47.6 Å². The Kier molecular flexibility index (Phi) is 8.44. The van der Waals surface area contributed by atoms with Gasteiger partial charge < -0.3 is 30.3 Å². The minimum absolute atomic E-state index is 0.0167. The number of benzene rings is 2. The van der Waals surface area contributed by atoms with E-state index in [2.05, 4.69) is 26.8 Å². The Bertz CT molecular complexity index is 1320. The van der Waals surface area contributed by atoms with Gasteiger partial charge in [-0.25, -0.2) is 0 Å². The fourth-order valence-electron chi connectivity index (χ4n) is 6.39. The summed E-state index contributed by atoms with van der Waals surface area (Å²) < 4.78 is 6.32. The number of phenols is 3. The van der Waals surface area contributed by atoms with Crippen molar-refractivity contribution < 1.29 is 30.3 Å². The molecule has 40 heavy (non-hydrogen) atoms.